The number of aliphatic hydroxyl groups is 1. The molecule has 1 aliphatic carbocycles. The summed E-state index contributed by atoms with van der Waals surface area (Å²) in [6.07, 6.45) is 3.75. The Morgan fingerprint density at radius 3 is 2.52 bits per heavy atom. The quantitative estimate of drug-likeness (QED) is 0.868. The molecule has 0 spiro atoms. The number of thiophene rings is 1. The molecule has 1 aromatic heterocycles. The third kappa shape index (κ3) is 4.56. The van der Waals surface area contributed by atoms with E-state index in [0.29, 0.717) is 11.8 Å². The summed E-state index contributed by atoms with van der Waals surface area (Å²) in [5, 5.41) is 19.5. The fraction of sp³-hybridized carbons (Fsp3) is 0.474. The van der Waals surface area contributed by atoms with Gasteiger partial charge in [0.15, 0.2) is 0 Å². The predicted molar refractivity (Wildman–Crippen MR) is 94.7 cm³/mol. The van der Waals surface area contributed by atoms with Crippen molar-refractivity contribution in [1.82, 2.24) is 4.90 Å². The summed E-state index contributed by atoms with van der Waals surface area (Å²) in [7, 11) is 0. The van der Waals surface area contributed by atoms with Crippen LogP contribution in [0.3, 0.4) is 0 Å². The molecule has 0 atom stereocenters. The maximum absolute atomic E-state index is 9.78. The number of aryl methyl sites for hydroxylation is 1. The highest BCUT2D eigenvalue weighted by molar-refractivity contribution is 7.11. The van der Waals surface area contributed by atoms with Crippen LogP contribution in [-0.4, -0.2) is 27.3 Å². The highest BCUT2D eigenvalue weighted by atomic mass is 32.1. The molecule has 0 unspecified atom stereocenters. The van der Waals surface area contributed by atoms with Crippen LogP contribution < -0.4 is 0 Å². The lowest BCUT2D eigenvalue weighted by molar-refractivity contribution is 0.0670. The van der Waals surface area contributed by atoms with Gasteiger partial charge in [0.2, 0.25) is 0 Å². The van der Waals surface area contributed by atoms with Gasteiger partial charge in [-0.15, -0.1) is 11.3 Å². The zero-order chi connectivity index (χ0) is 16.2. The summed E-state index contributed by atoms with van der Waals surface area (Å²) in [6, 6.07) is 12.4. The van der Waals surface area contributed by atoms with Gasteiger partial charge in [-0.1, -0.05) is 12.1 Å². The molecule has 0 aliphatic heterocycles. The Kier molecular flexibility index (Phi) is 5.36. The second-order valence-electron chi connectivity index (χ2n) is 6.55. The number of aromatic hydroxyl groups is 1. The molecule has 2 N–H and O–H groups in total. The first-order chi connectivity index (χ1) is 11.1. The number of benzene rings is 1. The summed E-state index contributed by atoms with van der Waals surface area (Å²) in [6.45, 7) is 3.92. The normalized spacial score (nSPS) is 21.7. The molecule has 0 bridgehead atoms. The van der Waals surface area contributed by atoms with E-state index in [0.717, 1.165) is 44.3 Å². The van der Waals surface area contributed by atoms with Crippen LogP contribution in [0.1, 0.15) is 41.0 Å². The molecule has 1 aromatic carbocycles. The molecule has 23 heavy (non-hydrogen) atoms. The maximum atomic E-state index is 9.78. The summed E-state index contributed by atoms with van der Waals surface area (Å²) < 4.78 is 0. The highest BCUT2D eigenvalue weighted by Crippen LogP contribution is 2.28. The number of hydrogen-bond donors (Lipinski definition) is 2. The van der Waals surface area contributed by atoms with Crippen molar-refractivity contribution in [3.63, 3.8) is 0 Å². The molecule has 124 valence electrons. The Morgan fingerprint density at radius 1 is 1.09 bits per heavy atom. The molecule has 1 saturated carbocycles. The Balaban J connectivity index is 1.74. The molecule has 0 amide bonds. The van der Waals surface area contributed by atoms with E-state index < -0.39 is 0 Å². The van der Waals surface area contributed by atoms with E-state index in [9.17, 15) is 10.2 Å². The van der Waals surface area contributed by atoms with E-state index in [4.69, 9.17) is 0 Å². The minimum atomic E-state index is -0.127. The van der Waals surface area contributed by atoms with E-state index in [-0.39, 0.29) is 6.10 Å². The largest absolute Gasteiger partial charge is 0.508 e. The standard InChI is InChI=1S/C19H25NO2S/c1-14-5-10-19(23-14)13-20(16-6-8-17(21)9-7-16)12-15-3-2-4-18(22)11-15/h2-5,10-11,16-17,21-22H,6-9,12-13H2,1H3. The SMILES string of the molecule is Cc1ccc(CN(Cc2cccc(O)c2)C2CCC(O)CC2)s1. The van der Waals surface area contributed by atoms with Gasteiger partial charge in [-0.25, -0.2) is 0 Å². The maximum Gasteiger partial charge on any atom is 0.115 e. The van der Waals surface area contributed by atoms with Crippen LogP contribution in [0.2, 0.25) is 0 Å². The lowest BCUT2D eigenvalue weighted by Crippen LogP contribution is -2.38. The molecular formula is C19H25NO2S. The van der Waals surface area contributed by atoms with Gasteiger partial charge in [-0.05, 0) is 62.4 Å². The van der Waals surface area contributed by atoms with Crippen LogP contribution in [0.15, 0.2) is 36.4 Å². The smallest absolute Gasteiger partial charge is 0.115 e. The molecule has 3 nitrogen and oxygen atoms in total. The fourth-order valence-electron chi connectivity index (χ4n) is 3.40. The topological polar surface area (TPSA) is 43.7 Å². The number of aliphatic hydroxyl groups excluding tert-OH is 1. The Morgan fingerprint density at radius 2 is 1.87 bits per heavy atom. The van der Waals surface area contributed by atoms with Crippen molar-refractivity contribution >= 4 is 11.3 Å². The molecule has 3 rings (SSSR count). The van der Waals surface area contributed by atoms with Crippen LogP contribution in [-0.2, 0) is 13.1 Å². The molecule has 2 aromatic rings. The average Bonchev–Trinajstić information content (AvgIpc) is 2.93. The Bertz CT molecular complexity index is 632. The zero-order valence-electron chi connectivity index (χ0n) is 13.6. The third-order valence-electron chi connectivity index (χ3n) is 4.63. The van der Waals surface area contributed by atoms with Crippen molar-refractivity contribution in [1.29, 1.82) is 0 Å². The molecule has 0 radical (unpaired) electrons. The van der Waals surface area contributed by atoms with E-state index in [1.165, 1.54) is 9.75 Å². The molecule has 0 saturated heterocycles. The van der Waals surface area contributed by atoms with Crippen molar-refractivity contribution in [2.24, 2.45) is 0 Å². The van der Waals surface area contributed by atoms with Crippen LogP contribution in [0.4, 0.5) is 0 Å². The molecule has 1 heterocycles. The number of rotatable bonds is 5. The van der Waals surface area contributed by atoms with Crippen LogP contribution in [0, 0.1) is 6.92 Å². The van der Waals surface area contributed by atoms with Crippen molar-refractivity contribution in [3.05, 3.63) is 51.7 Å². The van der Waals surface area contributed by atoms with E-state index in [2.05, 4.69) is 30.0 Å². The van der Waals surface area contributed by atoms with Gasteiger partial charge in [-0.3, -0.25) is 4.90 Å². The van der Waals surface area contributed by atoms with Gasteiger partial charge in [0, 0.05) is 28.9 Å². The lowest BCUT2D eigenvalue weighted by atomic mass is 9.91. The van der Waals surface area contributed by atoms with Gasteiger partial charge >= 0.3 is 0 Å². The molecule has 4 heteroatoms. The number of nitrogens with zero attached hydrogens (tertiary/aromatic N) is 1. The van der Waals surface area contributed by atoms with Gasteiger partial charge in [-0.2, -0.15) is 0 Å². The minimum Gasteiger partial charge on any atom is -0.508 e. The van der Waals surface area contributed by atoms with Gasteiger partial charge in [0.05, 0.1) is 6.10 Å². The van der Waals surface area contributed by atoms with Crippen molar-refractivity contribution in [2.45, 2.75) is 57.8 Å². The average molecular weight is 331 g/mol. The summed E-state index contributed by atoms with van der Waals surface area (Å²) >= 11 is 1.85. The molecule has 1 aliphatic rings. The van der Waals surface area contributed by atoms with Crippen molar-refractivity contribution in [3.8, 4) is 5.75 Å². The van der Waals surface area contributed by atoms with Crippen LogP contribution in [0.5, 0.6) is 5.75 Å². The zero-order valence-corrected chi connectivity index (χ0v) is 14.4. The van der Waals surface area contributed by atoms with Crippen molar-refractivity contribution < 1.29 is 10.2 Å². The first kappa shape index (κ1) is 16.5. The monoisotopic (exact) mass is 331 g/mol. The summed E-state index contributed by atoms with van der Waals surface area (Å²) in [4.78, 5) is 5.23. The molecule has 1 fully saturated rings. The number of hydrogen-bond acceptors (Lipinski definition) is 4. The summed E-state index contributed by atoms with van der Waals surface area (Å²) in [5.41, 5.74) is 1.14. The van der Waals surface area contributed by atoms with Gasteiger partial charge < -0.3 is 10.2 Å². The lowest BCUT2D eigenvalue weighted by Gasteiger charge is -2.35. The van der Waals surface area contributed by atoms with Gasteiger partial charge in [0.1, 0.15) is 5.75 Å². The fourth-order valence-corrected chi connectivity index (χ4v) is 4.31. The Labute approximate surface area is 142 Å². The summed E-state index contributed by atoms with van der Waals surface area (Å²) in [5.74, 6) is 0.327. The van der Waals surface area contributed by atoms with Crippen LogP contribution in [0.25, 0.3) is 0 Å². The Hall–Kier alpha value is -1.36. The van der Waals surface area contributed by atoms with E-state index in [1.807, 2.05) is 23.5 Å². The predicted octanol–water partition coefficient (Wildman–Crippen LogP) is 4.07. The number of phenols is 1. The number of phenolic OH excluding ortho intramolecular Hbond substituents is 1. The van der Waals surface area contributed by atoms with E-state index >= 15 is 0 Å². The highest BCUT2D eigenvalue weighted by Gasteiger charge is 2.25. The second kappa shape index (κ2) is 7.47. The minimum absolute atomic E-state index is 0.127. The third-order valence-corrected chi connectivity index (χ3v) is 5.62. The second-order valence-corrected chi connectivity index (χ2v) is 7.92. The molecular weight excluding hydrogens is 306 g/mol. The first-order valence-corrected chi connectivity index (χ1v) is 9.17. The van der Waals surface area contributed by atoms with Crippen molar-refractivity contribution in [2.75, 3.05) is 0 Å². The van der Waals surface area contributed by atoms with E-state index in [1.54, 1.807) is 6.07 Å². The first-order valence-electron chi connectivity index (χ1n) is 8.35. The van der Waals surface area contributed by atoms with Crippen LogP contribution >= 0.6 is 11.3 Å². The van der Waals surface area contributed by atoms with Gasteiger partial charge in [0.25, 0.3) is 0 Å².